The van der Waals surface area contributed by atoms with Crippen LogP contribution < -0.4 is 0 Å². The number of esters is 1. The van der Waals surface area contributed by atoms with Crippen LogP contribution in [0.15, 0.2) is 11.6 Å². The molecule has 3 unspecified atom stereocenters. The number of hydrogen-bond donors (Lipinski definition) is 1. The van der Waals surface area contributed by atoms with E-state index in [9.17, 15) is 19.5 Å². The third-order valence-electron chi connectivity index (χ3n) is 5.85. The van der Waals surface area contributed by atoms with E-state index in [1.807, 2.05) is 13.8 Å². The molecular weight excluding hydrogens is 284 g/mol. The summed E-state index contributed by atoms with van der Waals surface area (Å²) < 4.78 is 4.90. The van der Waals surface area contributed by atoms with Gasteiger partial charge in [-0.1, -0.05) is 33.3 Å². The summed E-state index contributed by atoms with van der Waals surface area (Å²) in [6.07, 6.45) is 4.65. The molecule has 5 heteroatoms. The number of aldehydes is 2. The number of fused-ring (bicyclic) bond motifs is 1. The van der Waals surface area contributed by atoms with Gasteiger partial charge in [-0.3, -0.25) is 14.4 Å². The summed E-state index contributed by atoms with van der Waals surface area (Å²) in [4.78, 5) is 35.4. The summed E-state index contributed by atoms with van der Waals surface area (Å²) in [5, 5.41) is 11.0. The van der Waals surface area contributed by atoms with E-state index >= 15 is 0 Å². The van der Waals surface area contributed by atoms with Gasteiger partial charge in [0.15, 0.2) is 11.9 Å². The second-order valence-corrected chi connectivity index (χ2v) is 7.41. The van der Waals surface area contributed by atoms with E-state index in [-0.39, 0.29) is 16.9 Å². The van der Waals surface area contributed by atoms with Crippen molar-refractivity contribution in [2.24, 2.45) is 22.7 Å². The van der Waals surface area contributed by atoms with E-state index in [4.69, 9.17) is 4.74 Å². The third-order valence-corrected chi connectivity index (χ3v) is 5.85. The molecule has 0 spiro atoms. The van der Waals surface area contributed by atoms with Gasteiger partial charge in [0.05, 0.1) is 13.0 Å². The van der Waals surface area contributed by atoms with E-state index in [0.29, 0.717) is 19.0 Å². The quantitative estimate of drug-likeness (QED) is 0.634. The molecule has 0 heterocycles. The molecule has 22 heavy (non-hydrogen) atoms. The Bertz CT molecular complexity index is 535. The zero-order valence-electron chi connectivity index (χ0n) is 13.6. The maximum Gasteiger partial charge on any atom is 0.312 e. The highest BCUT2D eigenvalue weighted by molar-refractivity contribution is 5.90. The molecule has 2 aliphatic rings. The summed E-state index contributed by atoms with van der Waals surface area (Å²) >= 11 is 0. The van der Waals surface area contributed by atoms with Gasteiger partial charge in [-0.15, -0.1) is 0 Å². The van der Waals surface area contributed by atoms with E-state index in [1.54, 1.807) is 6.92 Å². The average Bonchev–Trinajstić information content (AvgIpc) is 2.47. The predicted octanol–water partition coefficient (Wildman–Crippen LogP) is 1.68. The molecule has 2 aliphatic carbocycles. The van der Waals surface area contributed by atoms with Crippen molar-refractivity contribution in [1.29, 1.82) is 0 Å². The van der Waals surface area contributed by atoms with E-state index in [2.05, 4.69) is 0 Å². The van der Waals surface area contributed by atoms with Crippen LogP contribution in [0.25, 0.3) is 0 Å². The van der Waals surface area contributed by atoms with Crippen molar-refractivity contribution >= 4 is 18.5 Å². The van der Waals surface area contributed by atoms with Crippen LogP contribution in [0.3, 0.4) is 0 Å². The lowest BCUT2D eigenvalue weighted by molar-refractivity contribution is -0.177. The van der Waals surface area contributed by atoms with E-state index in [1.165, 1.54) is 13.2 Å². The summed E-state index contributed by atoms with van der Waals surface area (Å²) in [5.41, 5.74) is -3.02. The molecule has 2 rings (SSSR count). The Kier molecular flexibility index (Phi) is 4.07. The number of rotatable bonds is 3. The smallest absolute Gasteiger partial charge is 0.312 e. The van der Waals surface area contributed by atoms with Gasteiger partial charge in [0.25, 0.3) is 0 Å². The van der Waals surface area contributed by atoms with E-state index < -0.39 is 22.9 Å². The molecule has 0 saturated heterocycles. The fourth-order valence-corrected chi connectivity index (χ4v) is 4.81. The van der Waals surface area contributed by atoms with Gasteiger partial charge in [0, 0.05) is 11.0 Å². The lowest BCUT2D eigenvalue weighted by Crippen LogP contribution is -2.63. The Hall–Kier alpha value is -1.49. The highest BCUT2D eigenvalue weighted by Gasteiger charge is 2.64. The van der Waals surface area contributed by atoms with Crippen molar-refractivity contribution in [1.82, 2.24) is 0 Å². The Balaban J connectivity index is 2.73. The van der Waals surface area contributed by atoms with Crippen LogP contribution in [0, 0.1) is 22.7 Å². The number of carbonyl (C=O) groups is 3. The largest absolute Gasteiger partial charge is 0.469 e. The van der Waals surface area contributed by atoms with Gasteiger partial charge in [-0.25, -0.2) is 0 Å². The number of hydrogen-bond acceptors (Lipinski definition) is 5. The van der Waals surface area contributed by atoms with Gasteiger partial charge >= 0.3 is 5.97 Å². The molecule has 1 fully saturated rings. The second kappa shape index (κ2) is 5.30. The van der Waals surface area contributed by atoms with Gasteiger partial charge in [-0.05, 0) is 24.2 Å². The molecule has 5 nitrogen and oxygen atoms in total. The molecule has 1 N–H and O–H groups in total. The predicted molar refractivity (Wildman–Crippen MR) is 79.9 cm³/mol. The van der Waals surface area contributed by atoms with Crippen molar-refractivity contribution in [2.75, 3.05) is 7.11 Å². The zero-order valence-corrected chi connectivity index (χ0v) is 13.6. The summed E-state index contributed by atoms with van der Waals surface area (Å²) in [5.74, 6) is -1.34. The van der Waals surface area contributed by atoms with Gasteiger partial charge in [0.2, 0.25) is 0 Å². The summed E-state index contributed by atoms with van der Waals surface area (Å²) in [6.45, 7) is 5.88. The number of aliphatic hydroxyl groups is 1. The standard InChI is InChI=1S/C17H24O5/c1-15(2)6-5-7-16(3)13(15)12(14(20)22-4)8-11(9-18)17(16,21)10-19/h8-10,12-13,21H,5-7H2,1-4H3/t12?,13?,16?,17-/m1/s1. The fourth-order valence-electron chi connectivity index (χ4n) is 4.81. The van der Waals surface area contributed by atoms with Crippen LogP contribution in [0.5, 0.6) is 0 Å². The van der Waals surface area contributed by atoms with E-state index in [0.717, 1.165) is 12.8 Å². The molecule has 1 saturated carbocycles. The first-order valence-corrected chi connectivity index (χ1v) is 7.62. The molecule has 0 aromatic rings. The maximum absolute atomic E-state index is 12.3. The number of methoxy groups -OCH3 is 1. The van der Waals surface area contributed by atoms with Crippen molar-refractivity contribution in [3.8, 4) is 0 Å². The van der Waals surface area contributed by atoms with Gasteiger partial charge in [-0.2, -0.15) is 0 Å². The normalized spacial score (nSPS) is 40.1. The summed E-state index contributed by atoms with van der Waals surface area (Å²) in [6, 6.07) is 0. The van der Waals surface area contributed by atoms with Gasteiger partial charge < -0.3 is 9.84 Å². The van der Waals surface area contributed by atoms with Crippen LogP contribution in [-0.4, -0.2) is 36.4 Å². The third kappa shape index (κ3) is 2.06. The Morgan fingerprint density at radius 3 is 2.45 bits per heavy atom. The minimum absolute atomic E-state index is 0.0330. The molecular formula is C17H24O5. The lowest BCUT2D eigenvalue weighted by Gasteiger charge is -2.59. The second-order valence-electron chi connectivity index (χ2n) is 7.41. The SMILES string of the molecule is COC(=O)C1C=C(C=O)[C@](O)(C=O)C2(C)CCCC(C)(C)C12. The molecule has 0 aromatic carbocycles. The Morgan fingerprint density at radius 1 is 1.32 bits per heavy atom. The highest BCUT2D eigenvalue weighted by Crippen LogP contribution is 2.62. The molecule has 0 radical (unpaired) electrons. The van der Waals surface area contributed by atoms with Crippen LogP contribution >= 0.6 is 0 Å². The zero-order chi connectivity index (χ0) is 16.8. The van der Waals surface area contributed by atoms with Crippen LogP contribution in [0.4, 0.5) is 0 Å². The molecule has 122 valence electrons. The molecule has 0 aromatic heterocycles. The Labute approximate surface area is 130 Å². The fraction of sp³-hybridized carbons (Fsp3) is 0.706. The average molecular weight is 308 g/mol. The molecule has 0 aliphatic heterocycles. The number of ether oxygens (including phenoxy) is 1. The van der Waals surface area contributed by atoms with Crippen LogP contribution in [-0.2, 0) is 19.1 Å². The molecule has 0 amide bonds. The number of carbonyl (C=O) groups excluding carboxylic acids is 3. The molecule has 4 atom stereocenters. The minimum Gasteiger partial charge on any atom is -0.469 e. The van der Waals surface area contributed by atoms with Crippen LogP contribution in [0.1, 0.15) is 40.0 Å². The first-order chi connectivity index (χ1) is 10.2. The monoisotopic (exact) mass is 308 g/mol. The van der Waals surface area contributed by atoms with Crippen molar-refractivity contribution < 1.29 is 24.2 Å². The molecule has 0 bridgehead atoms. The Morgan fingerprint density at radius 2 is 1.95 bits per heavy atom. The summed E-state index contributed by atoms with van der Waals surface area (Å²) in [7, 11) is 1.31. The topological polar surface area (TPSA) is 80.7 Å². The van der Waals surface area contributed by atoms with Gasteiger partial charge in [0.1, 0.15) is 6.29 Å². The maximum atomic E-state index is 12.3. The first-order valence-electron chi connectivity index (χ1n) is 7.62. The van der Waals surface area contributed by atoms with Crippen molar-refractivity contribution in [2.45, 2.75) is 45.6 Å². The minimum atomic E-state index is -1.86. The van der Waals surface area contributed by atoms with Crippen LogP contribution in [0.2, 0.25) is 0 Å². The van der Waals surface area contributed by atoms with Crippen molar-refractivity contribution in [3.05, 3.63) is 11.6 Å². The first kappa shape index (κ1) is 16.9. The lowest BCUT2D eigenvalue weighted by atomic mass is 9.45. The van der Waals surface area contributed by atoms with Crippen molar-refractivity contribution in [3.63, 3.8) is 0 Å². The highest BCUT2D eigenvalue weighted by atomic mass is 16.5.